The molecule has 0 amide bonds. The number of rotatable bonds is 5. The number of hydrogen-bond acceptors (Lipinski definition) is 3. The molecule has 3 heteroatoms. The Labute approximate surface area is 104 Å². The summed E-state index contributed by atoms with van der Waals surface area (Å²) in [6.07, 6.45) is -0.544. The van der Waals surface area contributed by atoms with Crippen LogP contribution in [0.4, 0.5) is 0 Å². The molecule has 1 unspecified atom stereocenters. The van der Waals surface area contributed by atoms with Gasteiger partial charge in [-0.25, -0.2) is 0 Å². The Kier molecular flexibility index (Phi) is 4.97. The van der Waals surface area contributed by atoms with E-state index < -0.39 is 6.10 Å². The molecule has 0 radical (unpaired) electrons. The Hall–Kier alpha value is -1.06. The van der Waals surface area contributed by atoms with Crippen molar-refractivity contribution in [3.63, 3.8) is 0 Å². The monoisotopic (exact) mass is 237 g/mol. The average Bonchev–Trinajstić information content (AvgIpc) is 2.26. The summed E-state index contributed by atoms with van der Waals surface area (Å²) in [5.41, 5.74) is 0.841. The van der Waals surface area contributed by atoms with E-state index in [1.807, 2.05) is 31.2 Å². The summed E-state index contributed by atoms with van der Waals surface area (Å²) in [5.74, 6) is 0.762. The van der Waals surface area contributed by atoms with E-state index in [9.17, 15) is 5.11 Å². The first-order valence-corrected chi connectivity index (χ1v) is 6.09. The third-order valence-electron chi connectivity index (χ3n) is 2.40. The first kappa shape index (κ1) is 14.0. The van der Waals surface area contributed by atoms with Crippen LogP contribution in [0, 0.1) is 0 Å². The zero-order chi connectivity index (χ0) is 12.9. The summed E-state index contributed by atoms with van der Waals surface area (Å²) in [6.45, 7) is 9.30. The molecule has 0 spiro atoms. The molecule has 0 saturated heterocycles. The minimum atomic E-state index is -0.544. The third kappa shape index (κ3) is 4.75. The molecule has 0 fully saturated rings. The number of aliphatic hydroxyl groups excluding tert-OH is 1. The highest BCUT2D eigenvalue weighted by atomic mass is 16.5. The number of nitrogens with one attached hydrogen (secondary N) is 1. The predicted molar refractivity (Wildman–Crippen MR) is 70.3 cm³/mol. The smallest absolute Gasteiger partial charge is 0.125 e. The Morgan fingerprint density at radius 3 is 2.53 bits per heavy atom. The molecule has 0 bridgehead atoms. The molecule has 1 aromatic rings. The van der Waals surface area contributed by atoms with Crippen LogP contribution in [-0.4, -0.2) is 23.8 Å². The van der Waals surface area contributed by atoms with Gasteiger partial charge in [0.25, 0.3) is 0 Å². The summed E-state index contributed by atoms with van der Waals surface area (Å²) >= 11 is 0. The molecule has 1 atom stereocenters. The van der Waals surface area contributed by atoms with Gasteiger partial charge in [0, 0.05) is 17.6 Å². The van der Waals surface area contributed by atoms with Crippen LogP contribution in [0.3, 0.4) is 0 Å². The van der Waals surface area contributed by atoms with Gasteiger partial charge in [-0.05, 0) is 33.8 Å². The molecule has 1 aromatic carbocycles. The van der Waals surface area contributed by atoms with Gasteiger partial charge in [-0.1, -0.05) is 18.2 Å². The maximum atomic E-state index is 10.1. The molecule has 2 N–H and O–H groups in total. The lowest BCUT2D eigenvalue weighted by atomic mass is 10.1. The zero-order valence-corrected chi connectivity index (χ0v) is 11.2. The highest BCUT2D eigenvalue weighted by molar-refractivity contribution is 5.35. The second-order valence-corrected chi connectivity index (χ2v) is 5.12. The van der Waals surface area contributed by atoms with Gasteiger partial charge in [0.2, 0.25) is 0 Å². The minimum Gasteiger partial charge on any atom is -0.493 e. The summed E-state index contributed by atoms with van der Waals surface area (Å²) in [6, 6.07) is 7.62. The summed E-state index contributed by atoms with van der Waals surface area (Å²) in [4.78, 5) is 0. The van der Waals surface area contributed by atoms with Gasteiger partial charge in [0.15, 0.2) is 0 Å². The standard InChI is InChI=1S/C14H23NO2/c1-5-17-13-9-7-6-8-11(13)12(16)10-15-14(2,3)4/h6-9,12,15-16H,5,10H2,1-4H3. The fraction of sp³-hybridized carbons (Fsp3) is 0.571. The first-order chi connectivity index (χ1) is 7.94. The Bertz CT molecular complexity index is 344. The second kappa shape index (κ2) is 6.03. The first-order valence-electron chi connectivity index (χ1n) is 6.09. The summed E-state index contributed by atoms with van der Waals surface area (Å²) < 4.78 is 5.50. The van der Waals surface area contributed by atoms with E-state index in [1.54, 1.807) is 0 Å². The van der Waals surface area contributed by atoms with E-state index in [4.69, 9.17) is 4.74 Å². The largest absolute Gasteiger partial charge is 0.493 e. The van der Waals surface area contributed by atoms with E-state index in [1.165, 1.54) is 0 Å². The lowest BCUT2D eigenvalue weighted by molar-refractivity contribution is 0.158. The molecule has 96 valence electrons. The van der Waals surface area contributed by atoms with Crippen molar-refractivity contribution in [1.82, 2.24) is 5.32 Å². The molecule has 0 heterocycles. The number of hydrogen-bond donors (Lipinski definition) is 2. The highest BCUT2D eigenvalue weighted by Crippen LogP contribution is 2.24. The van der Waals surface area contributed by atoms with Crippen LogP contribution >= 0.6 is 0 Å². The number of para-hydroxylation sites is 1. The van der Waals surface area contributed by atoms with Gasteiger partial charge in [-0.2, -0.15) is 0 Å². The predicted octanol–water partition coefficient (Wildman–Crippen LogP) is 2.51. The van der Waals surface area contributed by atoms with Crippen LogP contribution in [0.2, 0.25) is 0 Å². The van der Waals surface area contributed by atoms with E-state index in [0.717, 1.165) is 11.3 Å². The van der Waals surface area contributed by atoms with Gasteiger partial charge in [-0.3, -0.25) is 0 Å². The van der Waals surface area contributed by atoms with Gasteiger partial charge in [0.1, 0.15) is 5.75 Å². The fourth-order valence-corrected chi connectivity index (χ4v) is 1.56. The molecule has 0 aliphatic heterocycles. The summed E-state index contributed by atoms with van der Waals surface area (Å²) in [5, 5.41) is 13.4. The van der Waals surface area contributed by atoms with Crippen LogP contribution in [0.15, 0.2) is 24.3 Å². The Morgan fingerprint density at radius 1 is 1.29 bits per heavy atom. The van der Waals surface area contributed by atoms with E-state index in [2.05, 4.69) is 26.1 Å². The zero-order valence-electron chi connectivity index (χ0n) is 11.2. The molecule has 0 aliphatic carbocycles. The topological polar surface area (TPSA) is 41.5 Å². The number of benzene rings is 1. The molecule has 3 nitrogen and oxygen atoms in total. The molecular formula is C14H23NO2. The average molecular weight is 237 g/mol. The summed E-state index contributed by atoms with van der Waals surface area (Å²) in [7, 11) is 0. The number of aliphatic hydroxyl groups is 1. The van der Waals surface area contributed by atoms with Crippen molar-refractivity contribution < 1.29 is 9.84 Å². The van der Waals surface area contributed by atoms with Gasteiger partial charge in [0.05, 0.1) is 12.7 Å². The Morgan fingerprint density at radius 2 is 1.94 bits per heavy atom. The molecule has 0 aliphatic rings. The lowest BCUT2D eigenvalue weighted by Gasteiger charge is -2.23. The van der Waals surface area contributed by atoms with Gasteiger partial charge < -0.3 is 15.2 Å². The van der Waals surface area contributed by atoms with Crippen molar-refractivity contribution in [2.75, 3.05) is 13.2 Å². The van der Waals surface area contributed by atoms with Crippen molar-refractivity contribution in [1.29, 1.82) is 0 Å². The van der Waals surface area contributed by atoms with Crippen molar-refractivity contribution in [3.8, 4) is 5.75 Å². The van der Waals surface area contributed by atoms with Gasteiger partial charge in [-0.15, -0.1) is 0 Å². The Balaban J connectivity index is 2.70. The number of ether oxygens (including phenoxy) is 1. The van der Waals surface area contributed by atoms with Crippen molar-refractivity contribution in [2.24, 2.45) is 0 Å². The molecular weight excluding hydrogens is 214 g/mol. The maximum absolute atomic E-state index is 10.1. The lowest BCUT2D eigenvalue weighted by Crippen LogP contribution is -2.38. The van der Waals surface area contributed by atoms with Crippen LogP contribution < -0.4 is 10.1 Å². The normalized spacial score (nSPS) is 13.5. The van der Waals surface area contributed by atoms with E-state index in [0.29, 0.717) is 13.2 Å². The van der Waals surface area contributed by atoms with E-state index in [-0.39, 0.29) is 5.54 Å². The third-order valence-corrected chi connectivity index (χ3v) is 2.40. The SMILES string of the molecule is CCOc1ccccc1C(O)CNC(C)(C)C. The van der Waals surface area contributed by atoms with Crippen LogP contribution in [0.5, 0.6) is 5.75 Å². The quantitative estimate of drug-likeness (QED) is 0.826. The van der Waals surface area contributed by atoms with Crippen molar-refractivity contribution >= 4 is 0 Å². The van der Waals surface area contributed by atoms with Crippen LogP contribution in [-0.2, 0) is 0 Å². The van der Waals surface area contributed by atoms with Crippen molar-refractivity contribution in [3.05, 3.63) is 29.8 Å². The van der Waals surface area contributed by atoms with E-state index >= 15 is 0 Å². The van der Waals surface area contributed by atoms with Crippen LogP contribution in [0.25, 0.3) is 0 Å². The second-order valence-electron chi connectivity index (χ2n) is 5.12. The van der Waals surface area contributed by atoms with Crippen molar-refractivity contribution in [2.45, 2.75) is 39.3 Å². The highest BCUT2D eigenvalue weighted by Gasteiger charge is 2.16. The molecule has 17 heavy (non-hydrogen) atoms. The molecule has 0 aromatic heterocycles. The minimum absolute atomic E-state index is 0.00152. The van der Waals surface area contributed by atoms with Gasteiger partial charge >= 0.3 is 0 Å². The molecule has 0 saturated carbocycles. The number of β-amino-alcohol motifs (C(OH)–C–C–N with tert-alkyl or cyclic N) is 1. The maximum Gasteiger partial charge on any atom is 0.125 e. The van der Waals surface area contributed by atoms with Crippen LogP contribution in [0.1, 0.15) is 39.4 Å². The fourth-order valence-electron chi connectivity index (χ4n) is 1.56. The molecule has 1 rings (SSSR count).